The number of nitrogens with zero attached hydrogens (tertiary/aromatic N) is 1. The number of imidazole rings is 1. The number of nitrogens with one attached hydrogen (secondary N) is 4. The molecule has 12 N–H and O–H groups in total. The van der Waals surface area contributed by atoms with Crippen LogP contribution >= 0.6 is 0 Å². The summed E-state index contributed by atoms with van der Waals surface area (Å²) < 4.78 is 0. The van der Waals surface area contributed by atoms with Gasteiger partial charge >= 0.3 is 0 Å². The molecule has 1 aliphatic heterocycles. The van der Waals surface area contributed by atoms with E-state index in [1.165, 1.54) is 6.33 Å². The lowest BCUT2D eigenvalue weighted by molar-refractivity contribution is -0.405. The van der Waals surface area contributed by atoms with E-state index in [0.717, 1.165) is 16.9 Å². The van der Waals surface area contributed by atoms with Crippen LogP contribution in [-0.4, -0.2) is 69.7 Å². The van der Waals surface area contributed by atoms with E-state index < -0.39 is 60.4 Å². The number of aliphatic carboxylic acids is 1. The van der Waals surface area contributed by atoms with E-state index in [2.05, 4.69) is 31.7 Å². The number of carboxylic acids is 1. The average molecular weight is 599 g/mol. The Morgan fingerprint density at radius 2 is 1.93 bits per heavy atom. The Morgan fingerprint density at radius 1 is 1.16 bits per heavy atom. The number of carboxylic acid groups (broad SMARTS) is 1. The van der Waals surface area contributed by atoms with Crippen molar-refractivity contribution in [1.82, 2.24) is 20.6 Å². The number of amides is 3. The number of benzene rings is 1. The first kappa shape index (κ1) is 31.9. The molecule has 1 aromatic heterocycles. The fraction of sp³-hybridized carbons (Fsp3) is 0.552. The van der Waals surface area contributed by atoms with E-state index in [1.54, 1.807) is 6.20 Å². The molecule has 3 amide bonds. The molecule has 7 unspecified atom stereocenters. The fourth-order valence-electron chi connectivity index (χ4n) is 6.39. The number of aliphatic hydroxyl groups is 1. The van der Waals surface area contributed by atoms with Gasteiger partial charge in [-0.25, -0.2) is 4.98 Å². The molecule has 2 aliphatic rings. The smallest absolute Gasteiger partial charge is 0.278 e. The summed E-state index contributed by atoms with van der Waals surface area (Å²) in [7, 11) is 0. The fourth-order valence-corrected chi connectivity index (χ4v) is 6.39. The summed E-state index contributed by atoms with van der Waals surface area (Å²) >= 11 is 0. The van der Waals surface area contributed by atoms with E-state index in [4.69, 9.17) is 11.5 Å². The van der Waals surface area contributed by atoms with Gasteiger partial charge in [0, 0.05) is 54.4 Å². The molecule has 2 heterocycles. The lowest BCUT2D eigenvalue weighted by atomic mass is 9.68. The Bertz CT molecular complexity index is 1270. The second-order valence-electron chi connectivity index (χ2n) is 11.8. The SMILES string of the molecule is NC(=O)C(CC1CNc2ccccc21)NC(=O)[C@H]1CC(Cc2cnc[nH]2)C(NC(=O)C([NH3+])CCC(N)O)CC1CC(=O)[O-]. The standard InChI is InChI=1S/C29H42N8O6/c30-21(5-6-25(31)38)29(43)36-23-9-15(11-26(39)40)20(8-16(23)7-18-13-33-14-35-18)28(42)37-24(27(32)41)10-17-12-34-22-4-2-1-3-19(17)22/h1-4,13-17,20-21,23-25,34,38H,5-12,30-31H2,(H2,32,41)(H,33,35)(H,36,43)(H,37,42)(H,39,40)/t15?,16?,17?,20-,21?,23?,24?,25?/m0/s1. The third-order valence-corrected chi connectivity index (χ3v) is 8.68. The highest BCUT2D eigenvalue weighted by molar-refractivity contribution is 5.88. The monoisotopic (exact) mass is 598 g/mol. The third kappa shape index (κ3) is 8.52. The van der Waals surface area contributed by atoms with Crippen LogP contribution in [0.5, 0.6) is 0 Å². The normalized spacial score (nSPS) is 25.0. The highest BCUT2D eigenvalue weighted by Gasteiger charge is 2.43. The van der Waals surface area contributed by atoms with Crippen LogP contribution in [0.3, 0.4) is 0 Å². The average Bonchev–Trinajstić information content (AvgIpc) is 3.62. The van der Waals surface area contributed by atoms with Crippen molar-refractivity contribution in [2.45, 2.75) is 75.2 Å². The zero-order valence-electron chi connectivity index (χ0n) is 24.0. The van der Waals surface area contributed by atoms with Crippen LogP contribution in [-0.2, 0) is 25.6 Å². The van der Waals surface area contributed by atoms with Crippen molar-refractivity contribution >= 4 is 29.4 Å². The van der Waals surface area contributed by atoms with Crippen molar-refractivity contribution < 1.29 is 35.1 Å². The summed E-state index contributed by atoms with van der Waals surface area (Å²) in [5.74, 6) is -4.52. The van der Waals surface area contributed by atoms with Crippen molar-refractivity contribution in [2.75, 3.05) is 11.9 Å². The molecule has 0 saturated heterocycles. The molecule has 0 radical (unpaired) electrons. The van der Waals surface area contributed by atoms with E-state index in [0.29, 0.717) is 19.4 Å². The second kappa shape index (κ2) is 14.4. The van der Waals surface area contributed by atoms with Crippen LogP contribution < -0.4 is 38.3 Å². The first-order valence-corrected chi connectivity index (χ1v) is 14.7. The van der Waals surface area contributed by atoms with Gasteiger partial charge in [-0.05, 0) is 62.0 Å². The van der Waals surface area contributed by atoms with Gasteiger partial charge in [-0.15, -0.1) is 0 Å². The predicted molar refractivity (Wildman–Crippen MR) is 153 cm³/mol. The number of quaternary nitrogens is 1. The van der Waals surface area contributed by atoms with Crippen LogP contribution in [0.4, 0.5) is 5.69 Å². The lowest BCUT2D eigenvalue weighted by Crippen LogP contribution is -2.69. The Balaban J connectivity index is 1.51. The summed E-state index contributed by atoms with van der Waals surface area (Å²) in [5.41, 5.74) is 17.8. The van der Waals surface area contributed by atoms with E-state index >= 15 is 0 Å². The minimum absolute atomic E-state index is 0.0388. The number of nitrogens with two attached hydrogens (primary N) is 2. The van der Waals surface area contributed by atoms with Crippen LogP contribution in [0, 0.1) is 17.8 Å². The third-order valence-electron chi connectivity index (χ3n) is 8.68. The number of fused-ring (bicyclic) bond motifs is 1. The van der Waals surface area contributed by atoms with Gasteiger partial charge in [-0.2, -0.15) is 0 Å². The summed E-state index contributed by atoms with van der Waals surface area (Å²) in [4.78, 5) is 58.1. The highest BCUT2D eigenvalue weighted by atomic mass is 16.4. The van der Waals surface area contributed by atoms with Crippen molar-refractivity contribution in [1.29, 1.82) is 0 Å². The zero-order valence-corrected chi connectivity index (χ0v) is 24.0. The van der Waals surface area contributed by atoms with Gasteiger partial charge in [0.25, 0.3) is 5.91 Å². The molecule has 4 rings (SSSR count). The van der Waals surface area contributed by atoms with Gasteiger partial charge in [0.05, 0.1) is 6.33 Å². The molecular weight excluding hydrogens is 556 g/mol. The minimum atomic E-state index is -1.31. The number of anilines is 1. The summed E-state index contributed by atoms with van der Waals surface area (Å²) in [6.07, 6.45) is 3.39. The molecule has 2 aromatic rings. The number of hydrogen-bond donors (Lipinski definition) is 8. The van der Waals surface area contributed by atoms with Gasteiger partial charge in [-0.3, -0.25) is 14.4 Å². The van der Waals surface area contributed by atoms with E-state index in [9.17, 15) is 29.4 Å². The number of hydrogen-bond acceptors (Lipinski definition) is 9. The van der Waals surface area contributed by atoms with Gasteiger partial charge in [0.1, 0.15) is 12.3 Å². The number of aliphatic hydroxyl groups excluding tert-OH is 1. The highest BCUT2D eigenvalue weighted by Crippen LogP contribution is 2.39. The Kier molecular flexibility index (Phi) is 10.7. The molecule has 43 heavy (non-hydrogen) atoms. The maximum atomic E-state index is 13.8. The van der Waals surface area contributed by atoms with Gasteiger partial charge in [0.2, 0.25) is 11.8 Å². The molecule has 1 saturated carbocycles. The van der Waals surface area contributed by atoms with Gasteiger partial charge in [0.15, 0.2) is 6.04 Å². The maximum Gasteiger partial charge on any atom is 0.278 e. The first-order valence-electron chi connectivity index (χ1n) is 14.7. The second-order valence-corrected chi connectivity index (χ2v) is 11.8. The van der Waals surface area contributed by atoms with Crippen molar-refractivity contribution in [3.8, 4) is 0 Å². The summed E-state index contributed by atoms with van der Waals surface area (Å²) in [5, 5.41) is 30.3. The van der Waals surface area contributed by atoms with Crippen LogP contribution in [0.2, 0.25) is 0 Å². The number of carbonyl (C=O) groups is 4. The molecule has 0 bridgehead atoms. The van der Waals surface area contributed by atoms with Gasteiger partial charge < -0.3 is 53.1 Å². The first-order chi connectivity index (χ1) is 20.5. The number of primary amides is 1. The van der Waals surface area contributed by atoms with Crippen molar-refractivity contribution in [3.63, 3.8) is 0 Å². The van der Waals surface area contributed by atoms with Gasteiger partial charge in [-0.1, -0.05) is 18.2 Å². The molecule has 14 heteroatoms. The van der Waals surface area contributed by atoms with E-state index in [-0.39, 0.29) is 43.4 Å². The lowest BCUT2D eigenvalue weighted by Gasteiger charge is -2.42. The van der Waals surface area contributed by atoms with Crippen LogP contribution in [0.25, 0.3) is 0 Å². The quantitative estimate of drug-likeness (QED) is 0.106. The van der Waals surface area contributed by atoms with Crippen molar-refractivity contribution in [2.24, 2.45) is 29.2 Å². The molecule has 0 spiro atoms. The topological polar surface area (TPSA) is 256 Å². The Morgan fingerprint density at radius 3 is 2.60 bits per heavy atom. The minimum Gasteiger partial charge on any atom is -0.550 e. The largest absolute Gasteiger partial charge is 0.550 e. The summed E-state index contributed by atoms with van der Waals surface area (Å²) in [6, 6.07) is 5.65. The van der Waals surface area contributed by atoms with Crippen LogP contribution in [0.1, 0.15) is 55.7 Å². The van der Waals surface area contributed by atoms with Crippen LogP contribution in [0.15, 0.2) is 36.8 Å². The van der Waals surface area contributed by atoms with Crippen molar-refractivity contribution in [3.05, 3.63) is 48.0 Å². The predicted octanol–water partition coefficient (Wildman–Crippen LogP) is -2.54. The molecule has 1 aliphatic carbocycles. The molecule has 1 fully saturated rings. The maximum absolute atomic E-state index is 13.8. The zero-order chi connectivity index (χ0) is 31.1. The number of aromatic amines is 1. The number of carbonyl (C=O) groups excluding carboxylic acids is 4. The molecule has 234 valence electrons. The number of aromatic nitrogens is 2. The Hall–Kier alpha value is -4.01. The summed E-state index contributed by atoms with van der Waals surface area (Å²) in [6.45, 7) is 0.598. The Labute approximate surface area is 249 Å². The molecular formula is C29H42N8O6. The molecule has 1 aromatic carbocycles. The number of H-pyrrole nitrogens is 1. The van der Waals surface area contributed by atoms with E-state index in [1.807, 2.05) is 24.3 Å². The molecule has 14 nitrogen and oxygen atoms in total. The molecule has 8 atom stereocenters. The number of rotatable bonds is 14. The number of para-hydroxylation sites is 1.